The van der Waals surface area contributed by atoms with Gasteiger partial charge in [-0.15, -0.1) is 0 Å². The Morgan fingerprint density at radius 2 is 1.81 bits per heavy atom. The molecule has 1 heterocycles. The number of fused-ring (bicyclic) bond motifs is 1. The van der Waals surface area contributed by atoms with Crippen molar-refractivity contribution in [2.45, 2.75) is 0 Å². The maximum Gasteiger partial charge on any atom is 0.255 e. The van der Waals surface area contributed by atoms with Crippen LogP contribution in [0.15, 0.2) is 48.8 Å². The third-order valence-corrected chi connectivity index (χ3v) is 3.02. The Hall–Kier alpha value is -3.15. The fourth-order valence-electron chi connectivity index (χ4n) is 1.93. The van der Waals surface area contributed by atoms with Crippen molar-refractivity contribution >= 4 is 28.3 Å². The van der Waals surface area contributed by atoms with Gasteiger partial charge in [-0.3, -0.25) is 14.8 Å². The summed E-state index contributed by atoms with van der Waals surface area (Å²) in [6.45, 7) is 0. The Balaban J connectivity index is 1.87. The highest BCUT2D eigenvalue weighted by molar-refractivity contribution is 6.05. The predicted molar refractivity (Wildman–Crippen MR) is 80.0 cm³/mol. The fraction of sp³-hybridized carbons (Fsp3) is 0. The second-order valence-electron chi connectivity index (χ2n) is 4.49. The number of hydrogen-bond donors (Lipinski definition) is 3. The molecule has 0 saturated heterocycles. The number of nitrogen functional groups attached to an aromatic ring is 1. The second kappa shape index (κ2) is 5.09. The molecule has 0 aliphatic carbocycles. The molecule has 6 nitrogen and oxygen atoms in total. The monoisotopic (exact) mass is 280 g/mol. The van der Waals surface area contributed by atoms with Crippen LogP contribution in [-0.2, 0) is 0 Å². The van der Waals surface area contributed by atoms with Crippen molar-refractivity contribution in [2.75, 3.05) is 11.1 Å². The Bertz CT molecular complexity index is 833. The summed E-state index contributed by atoms with van der Waals surface area (Å²) >= 11 is 0. The molecule has 0 spiro atoms. The number of carbonyl (C=O) groups is 1. The third-order valence-electron chi connectivity index (χ3n) is 3.02. The second-order valence-corrected chi connectivity index (χ2v) is 4.49. The molecule has 6 heteroatoms. The highest BCUT2D eigenvalue weighted by Crippen LogP contribution is 2.22. The average molecular weight is 280 g/mol. The molecule has 4 N–H and O–H groups in total. The van der Waals surface area contributed by atoms with E-state index in [1.807, 2.05) is 0 Å². The van der Waals surface area contributed by atoms with Crippen molar-refractivity contribution in [2.24, 2.45) is 0 Å². The number of nitrogens with two attached hydrogens (primary N) is 1. The quantitative estimate of drug-likeness (QED) is 0.493. The predicted octanol–water partition coefficient (Wildman–Crippen LogP) is 2.17. The van der Waals surface area contributed by atoms with Crippen LogP contribution in [0.4, 0.5) is 11.4 Å². The van der Waals surface area contributed by atoms with Crippen LogP contribution in [-0.4, -0.2) is 21.0 Å². The topological polar surface area (TPSA) is 101 Å². The number of nitrogens with zero attached hydrogens (tertiary/aromatic N) is 2. The smallest absolute Gasteiger partial charge is 0.255 e. The zero-order chi connectivity index (χ0) is 14.8. The minimum atomic E-state index is -0.339. The van der Waals surface area contributed by atoms with Crippen LogP contribution >= 0.6 is 0 Å². The van der Waals surface area contributed by atoms with Crippen LogP contribution in [0, 0.1) is 0 Å². The first kappa shape index (κ1) is 12.9. The van der Waals surface area contributed by atoms with Crippen LogP contribution in [0.25, 0.3) is 11.0 Å². The van der Waals surface area contributed by atoms with Gasteiger partial charge in [-0.05, 0) is 36.4 Å². The van der Waals surface area contributed by atoms with E-state index >= 15 is 0 Å². The van der Waals surface area contributed by atoms with E-state index < -0.39 is 0 Å². The number of anilines is 2. The number of aromatic nitrogens is 2. The lowest BCUT2D eigenvalue weighted by molar-refractivity contribution is 0.102. The van der Waals surface area contributed by atoms with E-state index in [-0.39, 0.29) is 17.3 Å². The van der Waals surface area contributed by atoms with Crippen molar-refractivity contribution in [1.29, 1.82) is 0 Å². The Morgan fingerprint density at radius 1 is 1.05 bits per heavy atom. The van der Waals surface area contributed by atoms with Crippen molar-refractivity contribution in [3.8, 4) is 5.75 Å². The lowest BCUT2D eigenvalue weighted by Gasteiger charge is -2.07. The summed E-state index contributed by atoms with van der Waals surface area (Å²) in [5.74, 6) is -0.458. The molecule has 0 bridgehead atoms. The molecular weight excluding hydrogens is 268 g/mol. The summed E-state index contributed by atoms with van der Waals surface area (Å²) in [5.41, 5.74) is 8.10. The van der Waals surface area contributed by atoms with Gasteiger partial charge in [0.2, 0.25) is 0 Å². The minimum absolute atomic E-state index is 0.118. The number of phenolic OH excluding ortho intramolecular Hbond substituents is 1. The SMILES string of the molecule is Nc1ccc(C(=O)Nc2ccc3nccnc3c2)cc1O. The molecule has 0 saturated carbocycles. The van der Waals surface area contributed by atoms with E-state index in [1.165, 1.54) is 12.1 Å². The summed E-state index contributed by atoms with van der Waals surface area (Å²) in [6.07, 6.45) is 3.20. The largest absolute Gasteiger partial charge is 0.506 e. The van der Waals surface area contributed by atoms with E-state index in [2.05, 4.69) is 15.3 Å². The van der Waals surface area contributed by atoms with Gasteiger partial charge in [-0.1, -0.05) is 0 Å². The van der Waals surface area contributed by atoms with Crippen LogP contribution in [0.1, 0.15) is 10.4 Å². The number of rotatable bonds is 2. The lowest BCUT2D eigenvalue weighted by Crippen LogP contribution is -2.11. The first-order valence-corrected chi connectivity index (χ1v) is 6.24. The van der Waals surface area contributed by atoms with Gasteiger partial charge in [0.25, 0.3) is 5.91 Å². The number of amides is 1. The molecule has 1 amide bonds. The Kier molecular flexibility index (Phi) is 3.12. The molecule has 0 fully saturated rings. The standard InChI is InChI=1S/C15H12N4O2/c16-11-3-1-9(7-14(11)20)15(21)19-10-2-4-12-13(8-10)18-6-5-17-12/h1-8,20H,16H2,(H,19,21). The summed E-state index contributed by atoms with van der Waals surface area (Å²) in [4.78, 5) is 20.5. The highest BCUT2D eigenvalue weighted by atomic mass is 16.3. The summed E-state index contributed by atoms with van der Waals surface area (Å²) in [6, 6.07) is 9.61. The van der Waals surface area contributed by atoms with Gasteiger partial charge in [0, 0.05) is 23.6 Å². The van der Waals surface area contributed by atoms with Gasteiger partial charge < -0.3 is 16.2 Å². The van der Waals surface area contributed by atoms with Crippen molar-refractivity contribution in [3.63, 3.8) is 0 Å². The van der Waals surface area contributed by atoms with E-state index in [1.54, 1.807) is 36.7 Å². The molecule has 3 rings (SSSR count). The molecule has 0 unspecified atom stereocenters. The fourth-order valence-corrected chi connectivity index (χ4v) is 1.93. The van der Waals surface area contributed by atoms with E-state index in [9.17, 15) is 9.90 Å². The molecule has 104 valence electrons. The van der Waals surface area contributed by atoms with Crippen molar-refractivity contribution in [3.05, 3.63) is 54.4 Å². The van der Waals surface area contributed by atoms with Crippen LogP contribution in [0.5, 0.6) is 5.75 Å². The van der Waals surface area contributed by atoms with E-state index in [4.69, 9.17) is 5.73 Å². The molecule has 0 aliphatic heterocycles. The summed E-state index contributed by atoms with van der Waals surface area (Å²) < 4.78 is 0. The normalized spacial score (nSPS) is 10.5. The van der Waals surface area contributed by atoms with E-state index in [0.717, 1.165) is 5.52 Å². The number of carbonyl (C=O) groups excluding carboxylic acids is 1. The summed E-state index contributed by atoms with van der Waals surface area (Å²) in [7, 11) is 0. The first-order valence-electron chi connectivity index (χ1n) is 6.24. The van der Waals surface area contributed by atoms with Crippen LogP contribution in [0.2, 0.25) is 0 Å². The third kappa shape index (κ3) is 2.59. The lowest BCUT2D eigenvalue weighted by atomic mass is 10.1. The molecule has 21 heavy (non-hydrogen) atoms. The average Bonchev–Trinajstić information content (AvgIpc) is 2.50. The van der Waals surface area contributed by atoms with Gasteiger partial charge in [0.15, 0.2) is 0 Å². The van der Waals surface area contributed by atoms with Gasteiger partial charge in [-0.2, -0.15) is 0 Å². The maximum atomic E-state index is 12.1. The van der Waals surface area contributed by atoms with Crippen molar-refractivity contribution in [1.82, 2.24) is 9.97 Å². The number of aromatic hydroxyl groups is 1. The molecule has 3 aromatic rings. The highest BCUT2D eigenvalue weighted by Gasteiger charge is 2.09. The molecule has 0 atom stereocenters. The molecule has 1 aromatic heterocycles. The van der Waals surface area contributed by atoms with Gasteiger partial charge >= 0.3 is 0 Å². The van der Waals surface area contributed by atoms with Gasteiger partial charge in [-0.25, -0.2) is 0 Å². The number of benzene rings is 2. The molecular formula is C15H12N4O2. The zero-order valence-electron chi connectivity index (χ0n) is 10.9. The number of nitrogens with one attached hydrogen (secondary N) is 1. The van der Waals surface area contributed by atoms with Gasteiger partial charge in [0.1, 0.15) is 5.75 Å². The molecule has 2 aromatic carbocycles. The van der Waals surface area contributed by atoms with Crippen LogP contribution in [0.3, 0.4) is 0 Å². The number of phenols is 1. The number of hydrogen-bond acceptors (Lipinski definition) is 5. The summed E-state index contributed by atoms with van der Waals surface area (Å²) in [5, 5.41) is 12.3. The van der Waals surface area contributed by atoms with Gasteiger partial charge in [0.05, 0.1) is 16.7 Å². The molecule has 0 radical (unpaired) electrons. The minimum Gasteiger partial charge on any atom is -0.506 e. The molecule has 0 aliphatic rings. The Morgan fingerprint density at radius 3 is 2.57 bits per heavy atom. The maximum absolute atomic E-state index is 12.1. The Labute approximate surface area is 120 Å². The van der Waals surface area contributed by atoms with Crippen LogP contribution < -0.4 is 11.1 Å². The first-order chi connectivity index (χ1) is 10.1. The van der Waals surface area contributed by atoms with Crippen molar-refractivity contribution < 1.29 is 9.90 Å². The van der Waals surface area contributed by atoms with E-state index in [0.29, 0.717) is 16.8 Å². The zero-order valence-corrected chi connectivity index (χ0v) is 10.9.